The van der Waals surface area contributed by atoms with Gasteiger partial charge in [-0.3, -0.25) is 4.79 Å². The second-order valence-corrected chi connectivity index (χ2v) is 3.42. The van der Waals surface area contributed by atoms with E-state index in [1.807, 2.05) is 0 Å². The van der Waals surface area contributed by atoms with E-state index in [4.69, 9.17) is 4.74 Å². The predicted molar refractivity (Wildman–Crippen MR) is 64.8 cm³/mol. The molecule has 2 N–H and O–H groups in total. The third-order valence-electron chi connectivity index (χ3n) is 2.03. The van der Waals surface area contributed by atoms with Gasteiger partial charge in [0.1, 0.15) is 11.5 Å². The van der Waals surface area contributed by atoms with Gasteiger partial charge < -0.3 is 15.2 Å². The van der Waals surface area contributed by atoms with Crippen molar-refractivity contribution in [2.24, 2.45) is 0 Å². The molecule has 1 amide bonds. The number of methoxy groups -OCH3 is 1. The summed E-state index contributed by atoms with van der Waals surface area (Å²) in [6, 6.07) is 4.75. The Morgan fingerprint density at radius 2 is 2.29 bits per heavy atom. The number of hydrogen-bond donors (Lipinski definition) is 2. The van der Waals surface area contributed by atoms with Gasteiger partial charge in [-0.2, -0.15) is 0 Å². The predicted octanol–water partition coefficient (Wildman–Crippen LogP) is 1.28. The van der Waals surface area contributed by atoms with Crippen LogP contribution in [0.2, 0.25) is 0 Å². The van der Waals surface area contributed by atoms with Gasteiger partial charge in [0, 0.05) is 19.9 Å². The number of benzene rings is 1. The first-order valence-corrected chi connectivity index (χ1v) is 5.24. The second kappa shape index (κ2) is 6.44. The lowest BCUT2D eigenvalue weighted by Crippen LogP contribution is -2.20. The van der Waals surface area contributed by atoms with Crippen LogP contribution in [0.25, 0.3) is 0 Å². The maximum atomic E-state index is 10.6. The first-order chi connectivity index (χ1) is 8.13. The van der Waals surface area contributed by atoms with Gasteiger partial charge in [0.05, 0.1) is 12.7 Å². The number of hydrogen-bond acceptors (Lipinski definition) is 3. The smallest absolute Gasteiger partial charge is 0.216 e. The minimum absolute atomic E-state index is 0.0678. The van der Waals surface area contributed by atoms with Crippen LogP contribution in [0.5, 0.6) is 11.5 Å². The van der Waals surface area contributed by atoms with Gasteiger partial charge in [0.2, 0.25) is 5.91 Å². The maximum absolute atomic E-state index is 10.6. The zero-order valence-electron chi connectivity index (χ0n) is 9.91. The SMILES string of the molecule is COc1ccc(O)cc1C#CCCNC(C)=O. The van der Waals surface area contributed by atoms with Crippen LogP contribution in [0.3, 0.4) is 0 Å². The van der Waals surface area contributed by atoms with Crippen molar-refractivity contribution in [3.63, 3.8) is 0 Å². The molecule has 0 aliphatic heterocycles. The van der Waals surface area contributed by atoms with Crippen molar-refractivity contribution in [2.45, 2.75) is 13.3 Å². The number of ether oxygens (including phenoxy) is 1. The molecule has 0 radical (unpaired) electrons. The van der Waals surface area contributed by atoms with Crippen LogP contribution in [0.4, 0.5) is 0 Å². The number of phenolic OH excluding ortho intramolecular Hbond substituents is 1. The van der Waals surface area contributed by atoms with Crippen molar-refractivity contribution in [3.8, 4) is 23.3 Å². The lowest BCUT2D eigenvalue weighted by atomic mass is 10.2. The number of nitrogens with one attached hydrogen (secondary N) is 1. The van der Waals surface area contributed by atoms with E-state index < -0.39 is 0 Å². The Labute approximate surface area is 101 Å². The number of carbonyl (C=O) groups is 1. The number of carbonyl (C=O) groups excluding carboxylic acids is 1. The van der Waals surface area contributed by atoms with Gasteiger partial charge in [-0.1, -0.05) is 11.8 Å². The van der Waals surface area contributed by atoms with Crippen LogP contribution in [0.15, 0.2) is 18.2 Å². The molecule has 1 aromatic rings. The highest BCUT2D eigenvalue weighted by atomic mass is 16.5. The van der Waals surface area contributed by atoms with Gasteiger partial charge in [-0.05, 0) is 18.2 Å². The minimum Gasteiger partial charge on any atom is -0.508 e. The molecule has 1 rings (SSSR count). The molecule has 0 aliphatic rings. The van der Waals surface area contributed by atoms with Crippen LogP contribution in [-0.2, 0) is 4.79 Å². The van der Waals surface area contributed by atoms with Crippen LogP contribution < -0.4 is 10.1 Å². The molecule has 0 saturated carbocycles. The van der Waals surface area contributed by atoms with E-state index in [2.05, 4.69) is 17.2 Å². The Morgan fingerprint density at radius 3 is 2.94 bits per heavy atom. The number of phenols is 1. The first-order valence-electron chi connectivity index (χ1n) is 5.24. The monoisotopic (exact) mass is 233 g/mol. The van der Waals surface area contributed by atoms with E-state index in [1.165, 1.54) is 6.92 Å². The molecular weight excluding hydrogens is 218 g/mol. The Morgan fingerprint density at radius 1 is 1.53 bits per heavy atom. The summed E-state index contributed by atoms with van der Waals surface area (Å²) < 4.78 is 5.11. The minimum atomic E-state index is -0.0678. The molecular formula is C13H15NO3. The number of rotatable bonds is 3. The second-order valence-electron chi connectivity index (χ2n) is 3.42. The quantitative estimate of drug-likeness (QED) is 0.610. The average Bonchev–Trinajstić information content (AvgIpc) is 2.28. The Balaban J connectivity index is 2.64. The summed E-state index contributed by atoms with van der Waals surface area (Å²) >= 11 is 0. The van der Waals surface area contributed by atoms with Crippen molar-refractivity contribution in [3.05, 3.63) is 23.8 Å². The van der Waals surface area contributed by atoms with E-state index in [0.29, 0.717) is 24.3 Å². The Bertz CT molecular complexity index is 457. The van der Waals surface area contributed by atoms with E-state index in [9.17, 15) is 9.90 Å². The summed E-state index contributed by atoms with van der Waals surface area (Å²) in [5.74, 6) is 6.50. The maximum Gasteiger partial charge on any atom is 0.216 e. The molecule has 17 heavy (non-hydrogen) atoms. The van der Waals surface area contributed by atoms with Gasteiger partial charge in [0.15, 0.2) is 0 Å². The molecule has 0 unspecified atom stereocenters. The molecule has 0 bridgehead atoms. The Kier molecular flexibility index (Phi) is 4.89. The third kappa shape index (κ3) is 4.47. The molecule has 0 atom stereocenters. The lowest BCUT2D eigenvalue weighted by molar-refractivity contribution is -0.118. The molecule has 0 heterocycles. The molecule has 0 saturated heterocycles. The molecule has 0 aliphatic carbocycles. The van der Waals surface area contributed by atoms with E-state index >= 15 is 0 Å². The highest BCUT2D eigenvalue weighted by molar-refractivity contribution is 5.72. The first kappa shape index (κ1) is 12.9. The third-order valence-corrected chi connectivity index (χ3v) is 2.03. The van der Waals surface area contributed by atoms with E-state index in [-0.39, 0.29) is 11.7 Å². The van der Waals surface area contributed by atoms with Crippen molar-refractivity contribution >= 4 is 5.91 Å². The molecule has 0 spiro atoms. The lowest BCUT2D eigenvalue weighted by Gasteiger charge is -2.02. The largest absolute Gasteiger partial charge is 0.508 e. The summed E-state index contributed by atoms with van der Waals surface area (Å²) in [7, 11) is 1.55. The zero-order valence-corrected chi connectivity index (χ0v) is 9.91. The molecule has 1 aromatic carbocycles. The normalized spacial score (nSPS) is 9.06. The highest BCUT2D eigenvalue weighted by Gasteiger charge is 2.00. The fourth-order valence-corrected chi connectivity index (χ4v) is 1.25. The summed E-state index contributed by atoms with van der Waals surface area (Å²) in [5, 5.41) is 12.0. The topological polar surface area (TPSA) is 58.6 Å². The van der Waals surface area contributed by atoms with Gasteiger partial charge in [-0.15, -0.1) is 0 Å². The number of aromatic hydroxyl groups is 1. The molecule has 4 heteroatoms. The van der Waals surface area contributed by atoms with Crippen LogP contribution >= 0.6 is 0 Å². The molecule has 4 nitrogen and oxygen atoms in total. The molecule has 0 fully saturated rings. The Hall–Kier alpha value is -2.15. The summed E-state index contributed by atoms with van der Waals surface area (Å²) in [5.41, 5.74) is 0.635. The van der Waals surface area contributed by atoms with E-state index in [0.717, 1.165) is 0 Å². The summed E-state index contributed by atoms with van der Waals surface area (Å²) in [4.78, 5) is 10.6. The van der Waals surface area contributed by atoms with Gasteiger partial charge in [0.25, 0.3) is 0 Å². The van der Waals surface area contributed by atoms with Crippen molar-refractivity contribution in [1.29, 1.82) is 0 Å². The number of amides is 1. The molecule has 90 valence electrons. The van der Waals surface area contributed by atoms with Gasteiger partial charge in [-0.25, -0.2) is 0 Å². The van der Waals surface area contributed by atoms with Gasteiger partial charge >= 0.3 is 0 Å². The van der Waals surface area contributed by atoms with Crippen LogP contribution in [0, 0.1) is 11.8 Å². The summed E-state index contributed by atoms with van der Waals surface area (Å²) in [6.07, 6.45) is 0.554. The molecule has 0 aromatic heterocycles. The highest BCUT2D eigenvalue weighted by Crippen LogP contribution is 2.21. The fraction of sp³-hybridized carbons (Fsp3) is 0.308. The summed E-state index contributed by atoms with van der Waals surface area (Å²) in [6.45, 7) is 1.98. The standard InChI is InChI=1S/C13H15NO3/c1-10(15)14-8-4-3-5-11-9-12(16)6-7-13(11)17-2/h6-7,9,16H,4,8H2,1-2H3,(H,14,15). The van der Waals surface area contributed by atoms with Crippen LogP contribution in [0.1, 0.15) is 18.9 Å². The van der Waals surface area contributed by atoms with E-state index in [1.54, 1.807) is 25.3 Å². The van der Waals surface area contributed by atoms with Crippen molar-refractivity contribution < 1.29 is 14.6 Å². The van der Waals surface area contributed by atoms with Crippen molar-refractivity contribution in [2.75, 3.05) is 13.7 Å². The van der Waals surface area contributed by atoms with Crippen molar-refractivity contribution in [1.82, 2.24) is 5.32 Å². The van der Waals surface area contributed by atoms with Crippen LogP contribution in [-0.4, -0.2) is 24.7 Å². The zero-order chi connectivity index (χ0) is 12.7. The fourth-order valence-electron chi connectivity index (χ4n) is 1.25. The average molecular weight is 233 g/mol.